The Balaban J connectivity index is 2.79. The second kappa shape index (κ2) is 10.3. The third kappa shape index (κ3) is 6.28. The van der Waals surface area contributed by atoms with E-state index >= 15 is 0 Å². The Hall–Kier alpha value is -3.46. The first-order valence-corrected chi connectivity index (χ1v) is 7.35. The minimum absolute atomic E-state index is 0.0359. The Morgan fingerprint density at radius 2 is 2.16 bits per heavy atom. The van der Waals surface area contributed by atoms with Crippen molar-refractivity contribution in [1.29, 1.82) is 5.26 Å². The van der Waals surface area contributed by atoms with Gasteiger partial charge in [-0.2, -0.15) is 5.26 Å². The summed E-state index contributed by atoms with van der Waals surface area (Å²) in [6, 6.07) is 6.66. The van der Waals surface area contributed by atoms with Crippen LogP contribution >= 0.6 is 0 Å². The average Bonchev–Trinajstić information content (AvgIpc) is 2.63. The van der Waals surface area contributed by atoms with Gasteiger partial charge in [-0.05, 0) is 29.8 Å². The molecule has 0 bridgehead atoms. The lowest BCUT2D eigenvalue weighted by Gasteiger charge is -2.06. The normalized spacial score (nSPS) is 11.7. The molecule has 0 atom stereocenters. The molecule has 1 aromatic carbocycles. The predicted molar refractivity (Wildman–Crippen MR) is 95.7 cm³/mol. The first-order valence-electron chi connectivity index (χ1n) is 7.35. The SMILES string of the molecule is C=C/C=C(/CNC(=O)/C(C#N)=C/C=C/c1ccc(O)c(OC)c1)OC. The molecule has 1 rings (SSSR count). The Morgan fingerprint density at radius 3 is 2.76 bits per heavy atom. The minimum atomic E-state index is -0.512. The van der Waals surface area contributed by atoms with E-state index in [4.69, 9.17) is 14.7 Å². The highest BCUT2D eigenvalue weighted by atomic mass is 16.5. The number of benzene rings is 1. The van der Waals surface area contributed by atoms with Crippen molar-refractivity contribution in [3.63, 3.8) is 0 Å². The fourth-order valence-electron chi connectivity index (χ4n) is 1.81. The number of nitrogens with zero attached hydrogens (tertiary/aromatic N) is 1. The van der Waals surface area contributed by atoms with Crippen molar-refractivity contribution < 1.29 is 19.4 Å². The summed E-state index contributed by atoms with van der Waals surface area (Å²) < 4.78 is 10.1. The molecule has 1 aromatic rings. The van der Waals surface area contributed by atoms with Gasteiger partial charge in [0.15, 0.2) is 11.5 Å². The molecule has 0 unspecified atom stereocenters. The molecule has 0 saturated carbocycles. The number of amides is 1. The molecule has 0 aliphatic rings. The van der Waals surface area contributed by atoms with E-state index in [9.17, 15) is 9.90 Å². The molecular weight excluding hydrogens is 320 g/mol. The number of carbonyl (C=O) groups excluding carboxylic acids is 1. The fraction of sp³-hybridized carbons (Fsp3) is 0.158. The lowest BCUT2D eigenvalue weighted by atomic mass is 10.1. The van der Waals surface area contributed by atoms with Gasteiger partial charge in [0, 0.05) is 0 Å². The number of rotatable bonds is 8. The van der Waals surface area contributed by atoms with Gasteiger partial charge in [0.25, 0.3) is 5.91 Å². The van der Waals surface area contributed by atoms with E-state index in [0.717, 1.165) is 5.56 Å². The van der Waals surface area contributed by atoms with E-state index in [1.807, 2.05) is 6.07 Å². The van der Waals surface area contributed by atoms with Gasteiger partial charge in [-0.3, -0.25) is 4.79 Å². The lowest BCUT2D eigenvalue weighted by molar-refractivity contribution is -0.117. The molecule has 1 amide bonds. The van der Waals surface area contributed by atoms with Crippen LogP contribution in [0.1, 0.15) is 5.56 Å². The second-order valence-corrected chi connectivity index (χ2v) is 4.74. The number of carbonyl (C=O) groups is 1. The van der Waals surface area contributed by atoms with Crippen molar-refractivity contribution in [2.75, 3.05) is 20.8 Å². The zero-order valence-electron chi connectivity index (χ0n) is 14.2. The van der Waals surface area contributed by atoms with E-state index < -0.39 is 5.91 Å². The second-order valence-electron chi connectivity index (χ2n) is 4.74. The van der Waals surface area contributed by atoms with Gasteiger partial charge in [-0.1, -0.05) is 30.9 Å². The molecule has 0 heterocycles. The third-order valence-corrected chi connectivity index (χ3v) is 3.11. The zero-order valence-corrected chi connectivity index (χ0v) is 14.2. The number of phenols is 1. The van der Waals surface area contributed by atoms with Gasteiger partial charge in [0.1, 0.15) is 17.4 Å². The summed E-state index contributed by atoms with van der Waals surface area (Å²) >= 11 is 0. The van der Waals surface area contributed by atoms with Gasteiger partial charge in [-0.25, -0.2) is 0 Å². The summed E-state index contributed by atoms with van der Waals surface area (Å²) in [5.41, 5.74) is 0.704. The number of allylic oxidation sites excluding steroid dienone is 4. The van der Waals surface area contributed by atoms with Gasteiger partial charge in [-0.15, -0.1) is 0 Å². The number of phenolic OH excluding ortho intramolecular Hbond substituents is 1. The van der Waals surface area contributed by atoms with Crippen LogP contribution in [0, 0.1) is 11.3 Å². The number of nitriles is 1. The van der Waals surface area contributed by atoms with Crippen molar-refractivity contribution in [3.05, 3.63) is 66.0 Å². The van der Waals surface area contributed by atoms with Crippen molar-refractivity contribution in [2.24, 2.45) is 0 Å². The maximum atomic E-state index is 12.0. The predicted octanol–water partition coefficient (Wildman–Crippen LogP) is 2.70. The largest absolute Gasteiger partial charge is 0.504 e. The molecule has 0 saturated heterocycles. The summed E-state index contributed by atoms with van der Waals surface area (Å²) in [5.74, 6) is 0.383. The molecule has 6 heteroatoms. The maximum Gasteiger partial charge on any atom is 0.262 e. The highest BCUT2D eigenvalue weighted by Gasteiger charge is 2.08. The molecule has 0 radical (unpaired) electrons. The van der Waals surface area contributed by atoms with Crippen LogP contribution in [0.5, 0.6) is 11.5 Å². The fourth-order valence-corrected chi connectivity index (χ4v) is 1.81. The quantitative estimate of drug-likeness (QED) is 0.328. The molecule has 0 aromatic heterocycles. The Labute approximate surface area is 147 Å². The smallest absolute Gasteiger partial charge is 0.262 e. The van der Waals surface area contributed by atoms with Crippen LogP contribution < -0.4 is 10.1 Å². The molecular formula is C19H20N2O4. The summed E-state index contributed by atoms with van der Waals surface area (Å²) in [4.78, 5) is 12.0. The van der Waals surface area contributed by atoms with Crippen LogP contribution in [0.4, 0.5) is 0 Å². The van der Waals surface area contributed by atoms with Gasteiger partial charge >= 0.3 is 0 Å². The van der Waals surface area contributed by atoms with Crippen LogP contribution in [0.25, 0.3) is 6.08 Å². The molecule has 0 spiro atoms. The Kier molecular flexibility index (Phi) is 8.10. The number of methoxy groups -OCH3 is 2. The third-order valence-electron chi connectivity index (χ3n) is 3.11. The highest BCUT2D eigenvalue weighted by Crippen LogP contribution is 2.26. The number of aromatic hydroxyl groups is 1. The van der Waals surface area contributed by atoms with E-state index in [2.05, 4.69) is 11.9 Å². The standard InChI is InChI=1S/C19H20N2O4/c1-4-6-16(24-2)13-21-19(23)15(12-20)8-5-7-14-9-10-17(22)18(11-14)25-3/h4-11,22H,1,13H2,2-3H3,(H,21,23)/b7-5+,15-8+,16-6-. The van der Waals surface area contributed by atoms with E-state index in [0.29, 0.717) is 11.5 Å². The molecule has 2 N–H and O–H groups in total. The van der Waals surface area contributed by atoms with E-state index in [-0.39, 0.29) is 17.9 Å². The summed E-state index contributed by atoms with van der Waals surface area (Å²) in [7, 11) is 2.94. The number of nitrogens with one attached hydrogen (secondary N) is 1. The van der Waals surface area contributed by atoms with E-state index in [1.165, 1.54) is 26.4 Å². The van der Waals surface area contributed by atoms with Crippen molar-refractivity contribution >= 4 is 12.0 Å². The first kappa shape index (κ1) is 19.6. The summed E-state index contributed by atoms with van der Waals surface area (Å²) in [5, 5.41) is 21.2. The number of ether oxygens (including phenoxy) is 2. The Morgan fingerprint density at radius 1 is 1.40 bits per heavy atom. The monoisotopic (exact) mass is 340 g/mol. The average molecular weight is 340 g/mol. The number of hydrogen-bond acceptors (Lipinski definition) is 5. The topological polar surface area (TPSA) is 91.6 Å². The van der Waals surface area contributed by atoms with Crippen LogP contribution in [0.3, 0.4) is 0 Å². The Bertz CT molecular complexity index is 755. The molecule has 130 valence electrons. The van der Waals surface area contributed by atoms with Crippen molar-refractivity contribution in [2.45, 2.75) is 0 Å². The molecule has 25 heavy (non-hydrogen) atoms. The molecule has 0 fully saturated rings. The summed E-state index contributed by atoms with van der Waals surface area (Å²) in [6.07, 6.45) is 7.82. The van der Waals surface area contributed by atoms with Crippen LogP contribution in [0.15, 0.2) is 60.4 Å². The summed E-state index contributed by atoms with van der Waals surface area (Å²) in [6.45, 7) is 3.70. The van der Waals surface area contributed by atoms with Gasteiger partial charge < -0.3 is 19.9 Å². The highest BCUT2D eigenvalue weighted by molar-refractivity contribution is 5.97. The lowest BCUT2D eigenvalue weighted by Crippen LogP contribution is -2.27. The molecule has 0 aliphatic carbocycles. The first-order chi connectivity index (χ1) is 12.0. The van der Waals surface area contributed by atoms with Crippen LogP contribution in [0.2, 0.25) is 0 Å². The molecule has 0 aliphatic heterocycles. The van der Waals surface area contributed by atoms with E-state index in [1.54, 1.807) is 36.4 Å². The van der Waals surface area contributed by atoms with Crippen molar-refractivity contribution in [3.8, 4) is 17.6 Å². The zero-order chi connectivity index (χ0) is 18.7. The minimum Gasteiger partial charge on any atom is -0.504 e. The van der Waals surface area contributed by atoms with Gasteiger partial charge in [0.2, 0.25) is 0 Å². The van der Waals surface area contributed by atoms with Crippen molar-refractivity contribution in [1.82, 2.24) is 5.32 Å². The van der Waals surface area contributed by atoms with Crippen LogP contribution in [-0.4, -0.2) is 31.8 Å². The number of hydrogen-bond donors (Lipinski definition) is 2. The maximum absolute atomic E-state index is 12.0. The molecule has 6 nitrogen and oxygen atoms in total. The van der Waals surface area contributed by atoms with Gasteiger partial charge in [0.05, 0.1) is 20.8 Å². The van der Waals surface area contributed by atoms with Crippen LogP contribution in [-0.2, 0) is 9.53 Å².